The summed E-state index contributed by atoms with van der Waals surface area (Å²) in [6.45, 7) is 2.01. The number of nitrogens with zero attached hydrogens (tertiary/aromatic N) is 3. The lowest BCUT2D eigenvalue weighted by atomic mass is 9.76. The van der Waals surface area contributed by atoms with E-state index in [4.69, 9.17) is 5.73 Å². The van der Waals surface area contributed by atoms with Crippen LogP contribution in [-0.4, -0.2) is 17.0 Å². The van der Waals surface area contributed by atoms with Gasteiger partial charge in [0.25, 0.3) is 5.69 Å². The molecule has 1 unspecified atom stereocenters. The molecule has 0 saturated heterocycles. The first-order chi connectivity index (χ1) is 14.9. The number of nitriles is 1. The monoisotopic (exact) mass is 452 g/mol. The molecular formula is C22H20N4O3S2. The zero-order chi connectivity index (χ0) is 22.3. The molecule has 1 aliphatic carbocycles. The number of carbonyl (C=O) groups excluding carboxylic acids is 1. The average Bonchev–Trinajstić information content (AvgIpc) is 3.13. The van der Waals surface area contributed by atoms with E-state index in [1.807, 2.05) is 19.2 Å². The van der Waals surface area contributed by atoms with Crippen molar-refractivity contribution in [2.24, 2.45) is 5.73 Å². The molecular weight excluding hydrogens is 432 g/mol. The molecule has 0 fully saturated rings. The van der Waals surface area contributed by atoms with Crippen molar-refractivity contribution in [2.75, 3.05) is 11.2 Å². The molecule has 0 radical (unpaired) electrons. The number of benzene rings is 1. The van der Waals surface area contributed by atoms with Crippen LogP contribution >= 0.6 is 23.1 Å². The van der Waals surface area contributed by atoms with Gasteiger partial charge >= 0.3 is 0 Å². The maximum atomic E-state index is 13.2. The molecule has 0 saturated carbocycles. The van der Waals surface area contributed by atoms with Crippen LogP contribution in [0.2, 0.25) is 0 Å². The minimum atomic E-state index is -0.491. The van der Waals surface area contributed by atoms with Gasteiger partial charge in [0.05, 0.1) is 26.7 Å². The first kappa shape index (κ1) is 21.2. The zero-order valence-corrected chi connectivity index (χ0v) is 18.7. The van der Waals surface area contributed by atoms with Gasteiger partial charge in [-0.15, -0.1) is 23.1 Å². The Morgan fingerprint density at radius 1 is 1.32 bits per heavy atom. The fourth-order valence-corrected chi connectivity index (χ4v) is 6.20. The Morgan fingerprint density at radius 2 is 2.03 bits per heavy atom. The van der Waals surface area contributed by atoms with Crippen molar-refractivity contribution in [3.63, 3.8) is 0 Å². The molecule has 1 atom stereocenters. The number of non-ortho nitro benzene ring substituents is 1. The number of hydrogen-bond donors (Lipinski definition) is 1. The highest BCUT2D eigenvalue weighted by Crippen LogP contribution is 2.49. The van der Waals surface area contributed by atoms with Crippen molar-refractivity contribution in [1.82, 2.24) is 0 Å². The molecule has 1 aromatic carbocycles. The quantitative estimate of drug-likeness (QED) is 0.395. The number of aryl methyl sites for hydroxylation is 1. The van der Waals surface area contributed by atoms with Crippen molar-refractivity contribution in [3.8, 4) is 6.07 Å². The minimum Gasteiger partial charge on any atom is -0.384 e. The highest BCUT2D eigenvalue weighted by Gasteiger charge is 2.41. The van der Waals surface area contributed by atoms with E-state index in [2.05, 4.69) is 6.07 Å². The number of carbonyl (C=O) groups is 1. The second-order valence-electron chi connectivity index (χ2n) is 7.39. The molecule has 2 aliphatic rings. The SMILES string of the molecule is CSc1sc(C)cc1C1C(C#N)=C(N)N(c2ccc([N+](=O)[O-])cc2)C2=C1C(=O)CCC2. The summed E-state index contributed by atoms with van der Waals surface area (Å²) in [5.74, 6) is -0.200. The average molecular weight is 453 g/mol. The molecule has 9 heteroatoms. The standard InChI is InChI=1S/C22H20N4O3S2/c1-12-10-15(22(30-2)31-12)19-16(11-23)21(24)25(17-4-3-5-18(27)20(17)19)13-6-8-14(9-7-13)26(28)29/h6-10,19H,3-5,24H2,1-2H3. The van der Waals surface area contributed by atoms with E-state index in [-0.39, 0.29) is 17.3 Å². The van der Waals surface area contributed by atoms with E-state index < -0.39 is 10.8 Å². The predicted octanol–water partition coefficient (Wildman–Crippen LogP) is 4.99. The molecule has 158 valence electrons. The molecule has 2 heterocycles. The first-order valence-corrected chi connectivity index (χ1v) is 11.8. The van der Waals surface area contributed by atoms with Gasteiger partial charge in [-0.3, -0.25) is 19.8 Å². The fraction of sp³-hybridized carbons (Fsp3) is 0.273. The molecule has 4 rings (SSSR count). The zero-order valence-electron chi connectivity index (χ0n) is 17.0. The summed E-state index contributed by atoms with van der Waals surface area (Å²) in [5.41, 5.74) is 9.78. The number of rotatable bonds is 4. The molecule has 0 spiro atoms. The molecule has 31 heavy (non-hydrogen) atoms. The Bertz CT molecular complexity index is 1190. The summed E-state index contributed by atoms with van der Waals surface area (Å²) >= 11 is 3.24. The molecule has 7 nitrogen and oxygen atoms in total. The van der Waals surface area contributed by atoms with Crippen molar-refractivity contribution in [3.05, 3.63) is 73.6 Å². The minimum absolute atomic E-state index is 0.0225. The maximum Gasteiger partial charge on any atom is 0.269 e. The van der Waals surface area contributed by atoms with Crippen LogP contribution in [0.15, 0.2) is 57.2 Å². The normalized spacial score (nSPS) is 18.8. The lowest BCUT2D eigenvalue weighted by Crippen LogP contribution is -2.38. The predicted molar refractivity (Wildman–Crippen MR) is 122 cm³/mol. The third kappa shape index (κ3) is 3.52. The molecule has 1 aromatic heterocycles. The number of anilines is 1. The van der Waals surface area contributed by atoms with E-state index in [0.29, 0.717) is 36.1 Å². The van der Waals surface area contributed by atoms with Gasteiger partial charge in [0.2, 0.25) is 0 Å². The van der Waals surface area contributed by atoms with Gasteiger partial charge in [-0.1, -0.05) is 0 Å². The van der Waals surface area contributed by atoms with Crippen LogP contribution in [-0.2, 0) is 4.79 Å². The molecule has 2 N–H and O–H groups in total. The van der Waals surface area contributed by atoms with Gasteiger partial charge < -0.3 is 5.73 Å². The van der Waals surface area contributed by atoms with Gasteiger partial charge in [-0.05, 0) is 49.8 Å². The van der Waals surface area contributed by atoms with Crippen LogP contribution in [0.5, 0.6) is 0 Å². The summed E-state index contributed by atoms with van der Waals surface area (Å²) in [6.07, 6.45) is 3.75. The Morgan fingerprint density at radius 3 is 2.65 bits per heavy atom. The highest BCUT2D eigenvalue weighted by molar-refractivity contribution is 8.00. The van der Waals surface area contributed by atoms with Crippen LogP contribution in [0, 0.1) is 28.4 Å². The number of thiophene rings is 1. The summed E-state index contributed by atoms with van der Waals surface area (Å²) in [5, 5.41) is 21.1. The van der Waals surface area contributed by atoms with Crippen molar-refractivity contribution in [1.29, 1.82) is 5.26 Å². The highest BCUT2D eigenvalue weighted by atomic mass is 32.2. The van der Waals surface area contributed by atoms with Gasteiger partial charge in [0, 0.05) is 40.4 Å². The topological polar surface area (TPSA) is 113 Å². The number of nitro benzene ring substituents is 1. The number of allylic oxidation sites excluding steroid dienone is 3. The molecule has 2 aromatic rings. The van der Waals surface area contributed by atoms with Crippen molar-refractivity contribution >= 4 is 40.3 Å². The second kappa shape index (κ2) is 8.21. The Labute approximate surface area is 188 Å². The third-order valence-electron chi connectivity index (χ3n) is 5.58. The number of hydrogen-bond acceptors (Lipinski definition) is 8. The largest absolute Gasteiger partial charge is 0.384 e. The lowest BCUT2D eigenvalue weighted by molar-refractivity contribution is -0.384. The molecule has 0 amide bonds. The van der Waals surface area contributed by atoms with Crippen LogP contribution in [0.1, 0.15) is 35.6 Å². The third-order valence-corrected chi connectivity index (χ3v) is 7.79. The molecule has 1 aliphatic heterocycles. The van der Waals surface area contributed by atoms with Crippen molar-refractivity contribution in [2.45, 2.75) is 36.3 Å². The number of nitro groups is 1. The van der Waals surface area contributed by atoms with Crippen LogP contribution in [0.4, 0.5) is 11.4 Å². The van der Waals surface area contributed by atoms with E-state index in [1.54, 1.807) is 40.1 Å². The van der Waals surface area contributed by atoms with E-state index in [1.165, 1.54) is 12.1 Å². The number of Topliss-reactive ketones (excluding diaryl/α,β-unsaturated/α-hetero) is 1. The summed E-state index contributed by atoms with van der Waals surface area (Å²) in [6, 6.07) is 10.3. The van der Waals surface area contributed by atoms with Gasteiger partial charge in [0.15, 0.2) is 5.78 Å². The Balaban J connectivity index is 1.94. The second-order valence-corrected chi connectivity index (χ2v) is 9.72. The van der Waals surface area contributed by atoms with Gasteiger partial charge in [0.1, 0.15) is 5.82 Å². The van der Waals surface area contributed by atoms with Crippen LogP contribution < -0.4 is 10.6 Å². The van der Waals surface area contributed by atoms with Crippen molar-refractivity contribution < 1.29 is 9.72 Å². The summed E-state index contributed by atoms with van der Waals surface area (Å²) < 4.78 is 1.07. The van der Waals surface area contributed by atoms with E-state index in [9.17, 15) is 20.2 Å². The van der Waals surface area contributed by atoms with E-state index in [0.717, 1.165) is 20.3 Å². The summed E-state index contributed by atoms with van der Waals surface area (Å²) in [7, 11) is 0. The van der Waals surface area contributed by atoms with Crippen LogP contribution in [0.3, 0.4) is 0 Å². The van der Waals surface area contributed by atoms with Crippen LogP contribution in [0.25, 0.3) is 0 Å². The Kier molecular flexibility index (Phi) is 5.60. The lowest BCUT2D eigenvalue weighted by Gasteiger charge is -2.39. The van der Waals surface area contributed by atoms with E-state index >= 15 is 0 Å². The maximum absolute atomic E-state index is 13.2. The Hall–Kier alpha value is -3.09. The number of ketones is 1. The number of nitrogens with two attached hydrogens (primary N) is 1. The first-order valence-electron chi connectivity index (χ1n) is 9.72. The molecule has 0 bridgehead atoms. The fourth-order valence-electron chi connectivity index (χ4n) is 4.29. The van der Waals surface area contributed by atoms with Gasteiger partial charge in [-0.2, -0.15) is 5.26 Å². The number of thioether (sulfide) groups is 1. The summed E-state index contributed by atoms with van der Waals surface area (Å²) in [4.78, 5) is 26.6. The van der Waals surface area contributed by atoms with Gasteiger partial charge in [-0.25, -0.2) is 0 Å². The smallest absolute Gasteiger partial charge is 0.269 e.